The van der Waals surface area contributed by atoms with Gasteiger partial charge in [-0.2, -0.15) is 17.7 Å². The van der Waals surface area contributed by atoms with Gasteiger partial charge in [-0.3, -0.25) is 0 Å². The molecule has 0 amide bonds. The molecule has 0 saturated heterocycles. The normalized spacial score (nSPS) is 7.53. The summed E-state index contributed by atoms with van der Waals surface area (Å²) < 4.78 is 0. The number of aliphatic hydroxyl groups excluding tert-OH is 3. The Bertz CT molecular complexity index is 185. The molecule has 0 radical (unpaired) electrons. The van der Waals surface area contributed by atoms with Gasteiger partial charge in [-0.1, -0.05) is 26.2 Å². The quantitative estimate of drug-likeness (QED) is 0.594. The van der Waals surface area contributed by atoms with Gasteiger partial charge in [0.25, 0.3) is 0 Å². The van der Waals surface area contributed by atoms with E-state index in [4.69, 9.17) is 15.3 Å². The number of aliphatic hydroxyl groups is 3. The summed E-state index contributed by atoms with van der Waals surface area (Å²) in [4.78, 5) is 0. The van der Waals surface area contributed by atoms with Crippen LogP contribution in [0.25, 0.3) is 0 Å². The zero-order valence-corrected chi connectivity index (χ0v) is 14.5. The van der Waals surface area contributed by atoms with Gasteiger partial charge < -0.3 is 15.3 Å². The molecule has 3 nitrogen and oxygen atoms in total. The summed E-state index contributed by atoms with van der Waals surface area (Å²) in [7, 11) is 0. The Labute approximate surface area is 133 Å². The van der Waals surface area contributed by atoms with Crippen LogP contribution in [0.5, 0.6) is 0 Å². The van der Waals surface area contributed by atoms with Crippen molar-refractivity contribution in [1.29, 1.82) is 0 Å². The molecule has 114 valence electrons. The topological polar surface area (TPSA) is 60.7 Å². The Morgan fingerprint density at radius 1 is 0.789 bits per heavy atom. The molecule has 0 bridgehead atoms. The number of rotatable bonds is 3. The summed E-state index contributed by atoms with van der Waals surface area (Å²) in [5.74, 6) is 0. The van der Waals surface area contributed by atoms with E-state index in [9.17, 15) is 0 Å². The minimum atomic E-state index is 0. The molecule has 0 aliphatic heterocycles. The first kappa shape index (κ1) is 27.3. The Kier molecular flexibility index (Phi) is 44.2. The van der Waals surface area contributed by atoms with Gasteiger partial charge in [-0.25, -0.2) is 12.1 Å². The standard InChI is InChI=1S/C9H13.3C2H6O.Ti/c1-2-3-6-9-7-4-5-8-9;3*1-2-3;/h4-5,7-8H,2-3,6H2,1H3;3*3H,2H2,1H3;/q-1;;;;. The first-order chi connectivity index (χ1) is 8.67. The molecule has 0 unspecified atom stereocenters. The van der Waals surface area contributed by atoms with Crippen molar-refractivity contribution >= 4 is 0 Å². The molecule has 0 spiro atoms. The van der Waals surface area contributed by atoms with Crippen LogP contribution in [0, 0.1) is 0 Å². The van der Waals surface area contributed by atoms with Crippen LogP contribution in [0.4, 0.5) is 0 Å². The Morgan fingerprint density at radius 3 is 1.37 bits per heavy atom. The average molecular weight is 307 g/mol. The summed E-state index contributed by atoms with van der Waals surface area (Å²) in [5, 5.41) is 22.7. The van der Waals surface area contributed by atoms with E-state index in [2.05, 4.69) is 31.2 Å². The summed E-state index contributed by atoms with van der Waals surface area (Å²) >= 11 is 0. The molecule has 0 fully saturated rings. The number of hydrogen-bond acceptors (Lipinski definition) is 3. The SMILES string of the molecule is CCCC[c-]1cccc1.CCO.CCO.CCO.[Ti]. The van der Waals surface area contributed by atoms with Crippen molar-refractivity contribution in [1.82, 2.24) is 0 Å². The van der Waals surface area contributed by atoms with E-state index in [1.807, 2.05) is 0 Å². The average Bonchev–Trinajstić information content (AvgIpc) is 2.82. The maximum Gasteiger partial charge on any atom is 0.0402 e. The van der Waals surface area contributed by atoms with Crippen molar-refractivity contribution in [3.63, 3.8) is 0 Å². The third-order valence-corrected chi connectivity index (χ3v) is 1.55. The van der Waals surface area contributed by atoms with Crippen LogP contribution in [-0.2, 0) is 28.1 Å². The van der Waals surface area contributed by atoms with E-state index in [-0.39, 0.29) is 41.5 Å². The molecule has 0 aliphatic carbocycles. The van der Waals surface area contributed by atoms with E-state index < -0.39 is 0 Å². The molecule has 4 heteroatoms. The third-order valence-electron chi connectivity index (χ3n) is 1.55. The van der Waals surface area contributed by atoms with Crippen LogP contribution < -0.4 is 0 Å². The molecule has 1 aromatic rings. The van der Waals surface area contributed by atoms with Crippen molar-refractivity contribution in [2.75, 3.05) is 19.8 Å². The fraction of sp³-hybridized carbons (Fsp3) is 0.667. The van der Waals surface area contributed by atoms with Crippen molar-refractivity contribution in [2.24, 2.45) is 0 Å². The molecule has 0 atom stereocenters. The van der Waals surface area contributed by atoms with Crippen LogP contribution in [0.3, 0.4) is 0 Å². The van der Waals surface area contributed by atoms with Gasteiger partial charge in [-0.05, 0) is 20.8 Å². The Morgan fingerprint density at radius 2 is 1.11 bits per heavy atom. The molecule has 0 aromatic heterocycles. The smallest absolute Gasteiger partial charge is 0.0402 e. The van der Waals surface area contributed by atoms with Crippen molar-refractivity contribution in [3.8, 4) is 0 Å². The van der Waals surface area contributed by atoms with Crippen LogP contribution in [0.15, 0.2) is 24.3 Å². The van der Waals surface area contributed by atoms with Crippen molar-refractivity contribution in [2.45, 2.75) is 47.0 Å². The Hall–Kier alpha value is -0.0557. The van der Waals surface area contributed by atoms with E-state index in [1.165, 1.54) is 24.8 Å². The van der Waals surface area contributed by atoms with Crippen molar-refractivity contribution in [3.05, 3.63) is 29.8 Å². The van der Waals surface area contributed by atoms with Crippen LogP contribution in [0.2, 0.25) is 0 Å². The summed E-state index contributed by atoms with van der Waals surface area (Å²) in [5.41, 5.74) is 1.48. The number of aryl methyl sites for hydroxylation is 1. The zero-order chi connectivity index (χ0) is 14.6. The molecular weight excluding hydrogens is 276 g/mol. The molecule has 3 N–H and O–H groups in total. The third kappa shape index (κ3) is 38.1. The molecule has 19 heavy (non-hydrogen) atoms. The maximum atomic E-state index is 7.57. The molecule has 1 aromatic carbocycles. The molecule has 0 heterocycles. The maximum absolute atomic E-state index is 7.57. The van der Waals surface area contributed by atoms with E-state index in [0.717, 1.165) is 0 Å². The van der Waals surface area contributed by atoms with Gasteiger partial charge in [0.1, 0.15) is 0 Å². The van der Waals surface area contributed by atoms with E-state index in [0.29, 0.717) is 0 Å². The summed E-state index contributed by atoms with van der Waals surface area (Å²) in [6.45, 7) is 8.02. The van der Waals surface area contributed by atoms with Gasteiger partial charge >= 0.3 is 0 Å². The van der Waals surface area contributed by atoms with Gasteiger partial charge in [0.2, 0.25) is 0 Å². The van der Waals surface area contributed by atoms with Crippen LogP contribution in [0.1, 0.15) is 46.1 Å². The molecule has 0 aliphatic rings. The predicted molar refractivity (Wildman–Crippen MR) is 78.9 cm³/mol. The van der Waals surface area contributed by atoms with E-state index >= 15 is 0 Å². The van der Waals surface area contributed by atoms with Gasteiger partial charge in [0.05, 0.1) is 0 Å². The molecular formula is C15H31O3Ti-. The predicted octanol–water partition coefficient (Wildman–Crippen LogP) is 2.74. The number of unbranched alkanes of at least 4 members (excludes halogenated alkanes) is 1. The van der Waals surface area contributed by atoms with Gasteiger partial charge in [-0.15, -0.1) is 0 Å². The fourth-order valence-electron chi connectivity index (χ4n) is 0.961. The number of hydrogen-bond donors (Lipinski definition) is 3. The molecule has 0 saturated carbocycles. The Balaban J connectivity index is -0.0000000956. The van der Waals surface area contributed by atoms with Crippen molar-refractivity contribution < 1.29 is 37.0 Å². The second-order valence-electron chi connectivity index (χ2n) is 3.35. The minimum Gasteiger partial charge on any atom is -0.397 e. The second-order valence-corrected chi connectivity index (χ2v) is 3.35. The largest absolute Gasteiger partial charge is 0.397 e. The van der Waals surface area contributed by atoms with Crippen LogP contribution >= 0.6 is 0 Å². The first-order valence-corrected chi connectivity index (χ1v) is 6.71. The summed E-state index contributed by atoms with van der Waals surface area (Å²) in [6.07, 6.45) is 3.87. The first-order valence-electron chi connectivity index (χ1n) is 6.71. The van der Waals surface area contributed by atoms with Gasteiger partial charge in [0, 0.05) is 41.5 Å². The second kappa shape index (κ2) is 30.7. The summed E-state index contributed by atoms with van der Waals surface area (Å²) in [6, 6.07) is 8.58. The monoisotopic (exact) mass is 307 g/mol. The molecule has 1 rings (SSSR count). The fourth-order valence-corrected chi connectivity index (χ4v) is 0.961. The van der Waals surface area contributed by atoms with Crippen LogP contribution in [-0.4, -0.2) is 35.1 Å². The van der Waals surface area contributed by atoms with E-state index in [1.54, 1.807) is 20.8 Å². The zero-order valence-electron chi connectivity index (χ0n) is 12.9. The van der Waals surface area contributed by atoms with Gasteiger partial charge in [0.15, 0.2) is 0 Å². The minimum absolute atomic E-state index is 0.